The highest BCUT2D eigenvalue weighted by atomic mass is 16.6. The lowest BCUT2D eigenvalue weighted by atomic mass is 10.0. The van der Waals surface area contributed by atoms with Crippen LogP contribution in [0.5, 0.6) is 0 Å². The van der Waals surface area contributed by atoms with Crippen LogP contribution in [0.2, 0.25) is 0 Å². The second-order valence-corrected chi connectivity index (χ2v) is 7.78. The van der Waals surface area contributed by atoms with Crippen LogP contribution < -0.4 is 15.1 Å². The summed E-state index contributed by atoms with van der Waals surface area (Å²) >= 11 is 0. The van der Waals surface area contributed by atoms with Gasteiger partial charge in [0, 0.05) is 42.5 Å². The molecule has 160 valence electrons. The first kappa shape index (κ1) is 21.7. The van der Waals surface area contributed by atoms with E-state index < -0.39 is 4.92 Å². The summed E-state index contributed by atoms with van der Waals surface area (Å²) in [5.41, 5.74) is 3.21. The SMILES string of the molecule is Cc1cc(C(=O)NC[C@H](c2ccc(N(C)C)cc2)[NH+]2CCOCC2)ccc1[N+](=O)[O-]. The van der Waals surface area contributed by atoms with Gasteiger partial charge in [-0.15, -0.1) is 0 Å². The summed E-state index contributed by atoms with van der Waals surface area (Å²) in [4.78, 5) is 26.7. The summed E-state index contributed by atoms with van der Waals surface area (Å²) in [6.07, 6.45) is 0. The molecule has 1 fully saturated rings. The maximum absolute atomic E-state index is 12.7. The van der Waals surface area contributed by atoms with Crippen molar-refractivity contribution in [1.29, 1.82) is 0 Å². The minimum Gasteiger partial charge on any atom is -0.378 e. The van der Waals surface area contributed by atoms with Gasteiger partial charge in [-0.05, 0) is 31.2 Å². The molecule has 0 aromatic heterocycles. The van der Waals surface area contributed by atoms with Gasteiger partial charge >= 0.3 is 0 Å². The highest BCUT2D eigenvalue weighted by Crippen LogP contribution is 2.19. The predicted molar refractivity (Wildman–Crippen MR) is 115 cm³/mol. The third-order valence-corrected chi connectivity index (χ3v) is 5.56. The molecular formula is C22H29N4O4+. The number of amides is 1. The number of nitrogens with zero attached hydrogens (tertiary/aromatic N) is 2. The molecule has 0 spiro atoms. The van der Waals surface area contributed by atoms with Gasteiger partial charge in [0.05, 0.1) is 24.7 Å². The van der Waals surface area contributed by atoms with Crippen molar-refractivity contribution in [2.24, 2.45) is 0 Å². The Hall–Kier alpha value is -2.97. The van der Waals surface area contributed by atoms with E-state index >= 15 is 0 Å². The molecule has 1 amide bonds. The number of quaternary nitrogens is 1. The molecule has 0 aliphatic carbocycles. The molecule has 0 unspecified atom stereocenters. The number of carbonyl (C=O) groups is 1. The number of nitro benzene ring substituents is 1. The summed E-state index contributed by atoms with van der Waals surface area (Å²) in [6, 6.07) is 13.0. The summed E-state index contributed by atoms with van der Waals surface area (Å²) in [7, 11) is 4.01. The largest absolute Gasteiger partial charge is 0.378 e. The molecule has 2 N–H and O–H groups in total. The van der Waals surface area contributed by atoms with Gasteiger partial charge in [0.15, 0.2) is 0 Å². The molecule has 1 atom stereocenters. The van der Waals surface area contributed by atoms with Gasteiger partial charge in [-0.1, -0.05) is 12.1 Å². The standard InChI is InChI=1S/C22H28N4O4/c1-16-14-18(6-9-20(16)26(28)29)22(27)23-15-21(25-10-12-30-13-11-25)17-4-7-19(8-5-17)24(2)3/h4-9,14,21H,10-13,15H2,1-3H3,(H,23,27)/p+1/t21-/m1/s1. The van der Waals surface area contributed by atoms with Crippen LogP contribution >= 0.6 is 0 Å². The van der Waals surface area contributed by atoms with Crippen molar-refractivity contribution in [3.8, 4) is 0 Å². The van der Waals surface area contributed by atoms with E-state index in [9.17, 15) is 14.9 Å². The topological polar surface area (TPSA) is 89.2 Å². The van der Waals surface area contributed by atoms with Crippen molar-refractivity contribution in [3.05, 3.63) is 69.3 Å². The molecule has 2 aromatic rings. The minimum atomic E-state index is -0.438. The molecule has 30 heavy (non-hydrogen) atoms. The van der Waals surface area contributed by atoms with E-state index in [0.717, 1.165) is 24.3 Å². The number of nitrogens with one attached hydrogen (secondary N) is 2. The van der Waals surface area contributed by atoms with Crippen LogP contribution in [0.4, 0.5) is 11.4 Å². The Bertz CT molecular complexity index is 893. The fourth-order valence-corrected chi connectivity index (χ4v) is 3.78. The fourth-order valence-electron chi connectivity index (χ4n) is 3.78. The zero-order chi connectivity index (χ0) is 21.7. The van der Waals surface area contributed by atoms with E-state index in [1.807, 2.05) is 14.1 Å². The molecule has 8 heteroatoms. The number of aryl methyl sites for hydroxylation is 1. The smallest absolute Gasteiger partial charge is 0.272 e. The summed E-state index contributed by atoms with van der Waals surface area (Å²) in [5.74, 6) is -0.226. The van der Waals surface area contributed by atoms with Crippen molar-refractivity contribution in [1.82, 2.24) is 5.32 Å². The Morgan fingerprint density at radius 2 is 1.87 bits per heavy atom. The molecular weight excluding hydrogens is 384 g/mol. The highest BCUT2D eigenvalue weighted by molar-refractivity contribution is 5.94. The second-order valence-electron chi connectivity index (χ2n) is 7.78. The van der Waals surface area contributed by atoms with E-state index in [4.69, 9.17) is 4.74 Å². The second kappa shape index (κ2) is 9.69. The van der Waals surface area contributed by atoms with Crippen molar-refractivity contribution in [2.75, 3.05) is 51.8 Å². The molecule has 8 nitrogen and oxygen atoms in total. The number of morpholine rings is 1. The quantitative estimate of drug-likeness (QED) is 0.529. The van der Waals surface area contributed by atoms with Gasteiger partial charge in [0.2, 0.25) is 0 Å². The molecule has 1 heterocycles. The van der Waals surface area contributed by atoms with E-state index in [2.05, 4.69) is 34.5 Å². The van der Waals surface area contributed by atoms with Gasteiger partial charge < -0.3 is 19.9 Å². The van der Waals surface area contributed by atoms with Crippen LogP contribution in [-0.4, -0.2) is 57.8 Å². The lowest BCUT2D eigenvalue weighted by Gasteiger charge is -2.32. The molecule has 0 radical (unpaired) electrons. The number of ether oxygens (including phenoxy) is 1. The Balaban J connectivity index is 1.75. The Morgan fingerprint density at radius 3 is 2.43 bits per heavy atom. The van der Waals surface area contributed by atoms with Crippen LogP contribution in [0.15, 0.2) is 42.5 Å². The number of carbonyl (C=O) groups excluding carboxylic acids is 1. The van der Waals surface area contributed by atoms with Gasteiger partial charge in [-0.2, -0.15) is 0 Å². The summed E-state index contributed by atoms with van der Waals surface area (Å²) in [5, 5.41) is 14.0. The number of hydrogen-bond acceptors (Lipinski definition) is 5. The van der Waals surface area contributed by atoms with E-state index in [0.29, 0.717) is 30.9 Å². The first-order valence-electron chi connectivity index (χ1n) is 10.1. The lowest BCUT2D eigenvalue weighted by molar-refractivity contribution is -0.937. The molecule has 2 aromatic carbocycles. The molecule has 1 aliphatic rings. The van der Waals surface area contributed by atoms with Crippen molar-refractivity contribution in [2.45, 2.75) is 13.0 Å². The monoisotopic (exact) mass is 413 g/mol. The fraction of sp³-hybridized carbons (Fsp3) is 0.409. The van der Waals surface area contributed by atoms with E-state index in [1.54, 1.807) is 13.0 Å². The highest BCUT2D eigenvalue weighted by Gasteiger charge is 2.27. The number of hydrogen-bond donors (Lipinski definition) is 2. The average molecular weight is 413 g/mol. The van der Waals surface area contributed by atoms with Crippen molar-refractivity contribution in [3.63, 3.8) is 0 Å². The van der Waals surface area contributed by atoms with Gasteiger partial charge in [0.1, 0.15) is 19.1 Å². The molecule has 0 bridgehead atoms. The zero-order valence-electron chi connectivity index (χ0n) is 17.7. The minimum absolute atomic E-state index is 0.0168. The molecule has 3 rings (SSSR count). The van der Waals surface area contributed by atoms with Crippen molar-refractivity contribution >= 4 is 17.3 Å². The lowest BCUT2D eigenvalue weighted by Crippen LogP contribution is -3.15. The predicted octanol–water partition coefficient (Wildman–Crippen LogP) is 1.36. The third kappa shape index (κ3) is 5.14. The Morgan fingerprint density at radius 1 is 1.20 bits per heavy atom. The van der Waals surface area contributed by atoms with E-state index in [-0.39, 0.29) is 17.6 Å². The average Bonchev–Trinajstić information content (AvgIpc) is 2.74. The molecule has 1 saturated heterocycles. The number of rotatable bonds is 7. The van der Waals surface area contributed by atoms with Gasteiger partial charge in [0.25, 0.3) is 11.6 Å². The van der Waals surface area contributed by atoms with Crippen LogP contribution in [0.1, 0.15) is 27.5 Å². The maximum Gasteiger partial charge on any atom is 0.272 e. The number of benzene rings is 2. The number of anilines is 1. The summed E-state index contributed by atoms with van der Waals surface area (Å²) in [6.45, 7) is 5.29. The summed E-state index contributed by atoms with van der Waals surface area (Å²) < 4.78 is 5.51. The van der Waals surface area contributed by atoms with Gasteiger partial charge in [-0.25, -0.2) is 0 Å². The van der Waals surface area contributed by atoms with Crippen molar-refractivity contribution < 1.29 is 19.4 Å². The Labute approximate surface area is 176 Å². The molecule has 1 aliphatic heterocycles. The zero-order valence-corrected chi connectivity index (χ0v) is 17.7. The normalized spacial score (nSPS) is 15.4. The first-order chi connectivity index (χ1) is 14.4. The van der Waals surface area contributed by atoms with E-state index in [1.165, 1.54) is 17.0 Å². The van der Waals surface area contributed by atoms with Crippen LogP contribution in [0.25, 0.3) is 0 Å². The van der Waals surface area contributed by atoms with Crippen LogP contribution in [0, 0.1) is 17.0 Å². The van der Waals surface area contributed by atoms with Crippen LogP contribution in [0.3, 0.4) is 0 Å². The van der Waals surface area contributed by atoms with Gasteiger partial charge in [-0.3, -0.25) is 14.9 Å². The molecule has 0 saturated carbocycles. The van der Waals surface area contributed by atoms with Crippen LogP contribution in [-0.2, 0) is 4.74 Å². The Kier molecular flexibility index (Phi) is 7.02. The number of nitro groups is 1. The third-order valence-electron chi connectivity index (χ3n) is 5.56. The first-order valence-corrected chi connectivity index (χ1v) is 10.1. The maximum atomic E-state index is 12.7.